The van der Waals surface area contributed by atoms with E-state index in [0.717, 1.165) is 5.56 Å². The first-order chi connectivity index (χ1) is 15.6. The van der Waals surface area contributed by atoms with E-state index >= 15 is 8.78 Å². The van der Waals surface area contributed by atoms with Crippen LogP contribution in [0.2, 0.25) is 0 Å². The monoisotopic (exact) mass is 451 g/mol. The maximum absolute atomic E-state index is 15.1. The van der Waals surface area contributed by atoms with Gasteiger partial charge >= 0.3 is 0 Å². The standard InChI is InChI=1S/C25H27F2N5O/c1-6-32-13-18-15(23(32)33)7-9-28-22(18)30-14(2)16-11-20(27)17(12-19(16)26)21-8-10-29-24(31-21)25(3,4)5/h7-12,14H,6,13H2,1-5H3,(H,28,30)/t14-/m0/s1. The number of carbonyl (C=O) groups excluding carboxylic acids is 1. The van der Waals surface area contributed by atoms with Crippen LogP contribution in [0.1, 0.15) is 68.0 Å². The third-order valence-corrected chi connectivity index (χ3v) is 5.81. The van der Waals surface area contributed by atoms with Gasteiger partial charge in [-0.25, -0.2) is 23.7 Å². The first-order valence-electron chi connectivity index (χ1n) is 11.0. The van der Waals surface area contributed by atoms with Crippen molar-refractivity contribution in [3.8, 4) is 11.3 Å². The fourth-order valence-electron chi connectivity index (χ4n) is 3.91. The first kappa shape index (κ1) is 22.8. The lowest BCUT2D eigenvalue weighted by Gasteiger charge is -2.19. The summed E-state index contributed by atoms with van der Waals surface area (Å²) in [7, 11) is 0. The molecule has 0 fully saturated rings. The fraction of sp³-hybridized carbons (Fsp3) is 0.360. The highest BCUT2D eigenvalue weighted by Crippen LogP contribution is 2.32. The lowest BCUT2D eigenvalue weighted by Crippen LogP contribution is -2.22. The molecule has 0 saturated carbocycles. The first-order valence-corrected chi connectivity index (χ1v) is 11.0. The van der Waals surface area contributed by atoms with Gasteiger partial charge < -0.3 is 10.2 Å². The Morgan fingerprint density at radius 2 is 1.82 bits per heavy atom. The summed E-state index contributed by atoms with van der Waals surface area (Å²) in [5.74, 6) is -0.123. The predicted molar refractivity (Wildman–Crippen MR) is 123 cm³/mol. The molecule has 0 aliphatic carbocycles. The van der Waals surface area contributed by atoms with Crippen LogP contribution in [0.4, 0.5) is 14.6 Å². The maximum Gasteiger partial charge on any atom is 0.254 e. The highest BCUT2D eigenvalue weighted by atomic mass is 19.1. The Morgan fingerprint density at radius 3 is 2.52 bits per heavy atom. The Bertz CT molecular complexity index is 1220. The molecular weight excluding hydrogens is 424 g/mol. The number of fused-ring (bicyclic) bond motifs is 1. The van der Waals surface area contributed by atoms with Gasteiger partial charge in [-0.1, -0.05) is 20.8 Å². The third kappa shape index (κ3) is 4.29. The van der Waals surface area contributed by atoms with Crippen LogP contribution >= 0.6 is 0 Å². The number of hydrogen-bond acceptors (Lipinski definition) is 5. The summed E-state index contributed by atoms with van der Waals surface area (Å²) in [6.45, 7) is 10.5. The largest absolute Gasteiger partial charge is 0.363 e. The molecule has 1 aliphatic heterocycles. The molecule has 2 aromatic heterocycles. The zero-order valence-electron chi connectivity index (χ0n) is 19.4. The van der Waals surface area contributed by atoms with E-state index in [1.165, 1.54) is 12.1 Å². The second-order valence-corrected chi connectivity index (χ2v) is 9.24. The van der Waals surface area contributed by atoms with Crippen molar-refractivity contribution in [2.24, 2.45) is 0 Å². The Kier molecular flexibility index (Phi) is 5.86. The SMILES string of the molecule is CCN1Cc2c(ccnc2N[C@@H](C)c2cc(F)c(-c3ccnc(C(C)(C)C)n3)cc2F)C1=O. The molecule has 0 radical (unpaired) electrons. The number of nitrogens with zero attached hydrogens (tertiary/aromatic N) is 4. The van der Waals surface area contributed by atoms with E-state index in [1.54, 1.807) is 36.4 Å². The molecule has 1 amide bonds. The van der Waals surface area contributed by atoms with Crippen molar-refractivity contribution in [1.82, 2.24) is 19.9 Å². The van der Waals surface area contributed by atoms with Crippen molar-refractivity contribution < 1.29 is 13.6 Å². The van der Waals surface area contributed by atoms with Crippen molar-refractivity contribution in [2.45, 2.75) is 52.6 Å². The smallest absolute Gasteiger partial charge is 0.254 e. The predicted octanol–water partition coefficient (Wildman–Crippen LogP) is 5.26. The summed E-state index contributed by atoms with van der Waals surface area (Å²) in [5.41, 5.74) is 1.61. The minimum atomic E-state index is -0.575. The maximum atomic E-state index is 15.1. The summed E-state index contributed by atoms with van der Waals surface area (Å²) in [5, 5.41) is 3.16. The zero-order chi connectivity index (χ0) is 23.9. The van der Waals surface area contributed by atoms with Gasteiger partial charge in [0.25, 0.3) is 5.91 Å². The van der Waals surface area contributed by atoms with Gasteiger partial charge in [-0.3, -0.25) is 4.79 Å². The summed E-state index contributed by atoms with van der Waals surface area (Å²) in [4.78, 5) is 27.2. The summed E-state index contributed by atoms with van der Waals surface area (Å²) >= 11 is 0. The highest BCUT2D eigenvalue weighted by Gasteiger charge is 2.29. The molecule has 3 heterocycles. The number of pyridine rings is 1. The number of hydrogen-bond donors (Lipinski definition) is 1. The highest BCUT2D eigenvalue weighted by molar-refractivity contribution is 5.99. The topological polar surface area (TPSA) is 71.0 Å². The number of amides is 1. The summed E-state index contributed by atoms with van der Waals surface area (Å²) < 4.78 is 30.2. The molecule has 0 saturated heterocycles. The summed E-state index contributed by atoms with van der Waals surface area (Å²) in [6, 6.07) is 5.04. The van der Waals surface area contributed by atoms with Crippen LogP contribution in [0.5, 0.6) is 0 Å². The number of carbonyl (C=O) groups is 1. The van der Waals surface area contributed by atoms with Crippen LogP contribution in [-0.2, 0) is 12.0 Å². The molecule has 1 aromatic carbocycles. The molecule has 1 atom stereocenters. The van der Waals surface area contributed by atoms with Gasteiger partial charge in [0.15, 0.2) is 0 Å². The Labute approximate surface area is 192 Å². The number of halogens is 2. The minimum absolute atomic E-state index is 0.0494. The molecule has 33 heavy (non-hydrogen) atoms. The normalized spacial score (nSPS) is 14.4. The molecule has 0 unspecified atom stereocenters. The minimum Gasteiger partial charge on any atom is -0.363 e. The van der Waals surface area contributed by atoms with Crippen LogP contribution in [0.3, 0.4) is 0 Å². The molecule has 172 valence electrons. The van der Waals surface area contributed by atoms with Gasteiger partial charge in [-0.05, 0) is 38.1 Å². The van der Waals surface area contributed by atoms with Crippen LogP contribution in [0.25, 0.3) is 11.3 Å². The number of aromatic nitrogens is 3. The third-order valence-electron chi connectivity index (χ3n) is 5.81. The number of benzene rings is 1. The van der Waals surface area contributed by atoms with E-state index in [0.29, 0.717) is 36.0 Å². The quantitative estimate of drug-likeness (QED) is 0.573. The number of rotatable bonds is 5. The molecule has 0 bridgehead atoms. The van der Waals surface area contributed by atoms with Crippen molar-refractivity contribution in [1.29, 1.82) is 0 Å². The van der Waals surface area contributed by atoms with Gasteiger partial charge in [-0.15, -0.1) is 0 Å². The van der Waals surface area contributed by atoms with Gasteiger partial charge in [0.2, 0.25) is 0 Å². The van der Waals surface area contributed by atoms with Crippen LogP contribution in [-0.4, -0.2) is 32.3 Å². The average molecular weight is 452 g/mol. The number of anilines is 1. The second kappa shape index (κ2) is 8.50. The van der Waals surface area contributed by atoms with Crippen LogP contribution < -0.4 is 5.32 Å². The lowest BCUT2D eigenvalue weighted by molar-refractivity contribution is 0.0787. The molecule has 6 nitrogen and oxygen atoms in total. The molecule has 0 spiro atoms. The van der Waals surface area contributed by atoms with Crippen LogP contribution in [0, 0.1) is 11.6 Å². The van der Waals surface area contributed by atoms with E-state index in [4.69, 9.17) is 0 Å². The van der Waals surface area contributed by atoms with E-state index in [-0.39, 0.29) is 22.4 Å². The fourth-order valence-corrected chi connectivity index (χ4v) is 3.91. The Balaban J connectivity index is 1.64. The number of nitrogens with one attached hydrogen (secondary N) is 1. The zero-order valence-corrected chi connectivity index (χ0v) is 19.4. The van der Waals surface area contributed by atoms with Crippen molar-refractivity contribution >= 4 is 11.7 Å². The van der Waals surface area contributed by atoms with E-state index in [2.05, 4.69) is 20.3 Å². The Hall–Kier alpha value is -3.42. The Morgan fingerprint density at radius 1 is 1.09 bits per heavy atom. The van der Waals surface area contributed by atoms with E-state index in [1.807, 2.05) is 27.7 Å². The molecule has 1 aliphatic rings. The molecule has 3 aromatic rings. The van der Waals surface area contributed by atoms with Gasteiger partial charge in [-0.2, -0.15) is 0 Å². The average Bonchev–Trinajstić information content (AvgIpc) is 3.11. The van der Waals surface area contributed by atoms with Gasteiger partial charge in [0, 0.05) is 46.6 Å². The van der Waals surface area contributed by atoms with Crippen molar-refractivity contribution in [3.63, 3.8) is 0 Å². The van der Waals surface area contributed by atoms with Crippen molar-refractivity contribution in [2.75, 3.05) is 11.9 Å². The molecule has 1 N–H and O–H groups in total. The lowest BCUT2D eigenvalue weighted by atomic mass is 9.95. The molecule has 4 rings (SSSR count). The van der Waals surface area contributed by atoms with Gasteiger partial charge in [0.05, 0.1) is 18.3 Å². The van der Waals surface area contributed by atoms with Crippen molar-refractivity contribution in [3.05, 3.63) is 70.8 Å². The molecule has 8 heteroatoms. The second-order valence-electron chi connectivity index (χ2n) is 9.24. The van der Waals surface area contributed by atoms with Crippen LogP contribution in [0.15, 0.2) is 36.7 Å². The van der Waals surface area contributed by atoms with E-state index in [9.17, 15) is 4.79 Å². The summed E-state index contributed by atoms with van der Waals surface area (Å²) in [6.07, 6.45) is 3.10. The van der Waals surface area contributed by atoms with E-state index < -0.39 is 17.7 Å². The van der Waals surface area contributed by atoms with Gasteiger partial charge in [0.1, 0.15) is 23.3 Å². The molecular formula is C25H27F2N5O.